The Hall–Kier alpha value is -2.90. The van der Waals surface area contributed by atoms with Crippen molar-refractivity contribution in [3.05, 3.63) is 59.5 Å². The third-order valence-electron chi connectivity index (χ3n) is 10.5. The Morgan fingerprint density at radius 3 is 2.49 bits per heavy atom. The number of hydrogen-bond acceptors (Lipinski definition) is 8. The van der Waals surface area contributed by atoms with E-state index in [0.717, 1.165) is 102 Å². The summed E-state index contributed by atoms with van der Waals surface area (Å²) in [6.07, 6.45) is 9.43. The monoisotopic (exact) mass is 787 g/mol. The van der Waals surface area contributed by atoms with Gasteiger partial charge in [0.2, 0.25) is 0 Å². The van der Waals surface area contributed by atoms with Crippen molar-refractivity contribution in [1.29, 1.82) is 0 Å². The van der Waals surface area contributed by atoms with Gasteiger partial charge in [-0.2, -0.15) is 0 Å². The molecule has 11 heteroatoms. The van der Waals surface area contributed by atoms with E-state index in [1.807, 2.05) is 13.0 Å². The van der Waals surface area contributed by atoms with Gasteiger partial charge in [-0.15, -0.1) is 0 Å². The first-order valence-corrected chi connectivity index (χ1v) is 22.0. The number of alkyl halides is 2. The molecule has 2 saturated heterocycles. The summed E-state index contributed by atoms with van der Waals surface area (Å²) in [7, 11) is 1.69. The minimum atomic E-state index is -1.91. The van der Waals surface area contributed by atoms with Gasteiger partial charge in [-0.1, -0.05) is 0 Å². The van der Waals surface area contributed by atoms with Crippen molar-refractivity contribution in [3.63, 3.8) is 0 Å². The van der Waals surface area contributed by atoms with Crippen molar-refractivity contribution in [2.45, 2.75) is 90.1 Å². The number of ether oxygens (including phenoxy) is 2. The van der Waals surface area contributed by atoms with Crippen LogP contribution in [0.2, 0.25) is 0 Å². The van der Waals surface area contributed by atoms with E-state index in [-0.39, 0.29) is 24.0 Å². The molecule has 4 aliphatic rings. The van der Waals surface area contributed by atoms with Gasteiger partial charge in [0.1, 0.15) is 5.75 Å². The third kappa shape index (κ3) is 9.26. The summed E-state index contributed by atoms with van der Waals surface area (Å²) in [5.74, 6) is 1.86. The number of hydrogen-bond donors (Lipinski definition) is 2. The molecule has 2 N–H and O–H groups in total. The predicted octanol–water partition coefficient (Wildman–Crippen LogP) is 7.01. The van der Waals surface area contributed by atoms with E-state index in [1.165, 1.54) is 5.57 Å². The molecule has 4 heterocycles. The quantitative estimate of drug-likeness (QED) is 0.196. The molecule has 0 radical (unpaired) electrons. The van der Waals surface area contributed by atoms with Crippen molar-refractivity contribution in [3.8, 4) is 5.75 Å². The molecule has 1 aromatic carbocycles. The van der Waals surface area contributed by atoms with Gasteiger partial charge in [0, 0.05) is 0 Å². The van der Waals surface area contributed by atoms with Gasteiger partial charge < -0.3 is 4.74 Å². The van der Waals surface area contributed by atoms with Crippen molar-refractivity contribution in [2.24, 2.45) is 11.8 Å². The molecule has 1 aromatic heterocycles. The molecule has 0 unspecified atom stereocenters. The standard InChI is InChI=1S/C38H54IN5O5/c1-26(2)44-25-32(23-40-44)31-6-5-7-34(22-31)43(24-28-8-10-29(11-9-28)35-12-13-36(47-4)27(3)41-35)37(45)30-14-18-39(19-15-30)49-38(46)42-33-16-20-48-21-17-33/h5-7,12-13,22,25-26,28-30,33,40H,8-11,14-21,23-24H2,1-4H3,(H,42,46). The second kappa shape index (κ2) is 16.9. The maximum absolute atomic E-state index is 14.5. The molecule has 6 rings (SSSR count). The molecule has 49 heavy (non-hydrogen) atoms. The van der Waals surface area contributed by atoms with Gasteiger partial charge >= 0.3 is 251 Å². The SMILES string of the molecule is COc1ccc(C2CCC(CN(C(=O)C3CCI(OC(=O)NC4CCOCC4)CC3)c3cccc(C4=CN(C(C)C)NC4)c3)CC2)nc1C. The fraction of sp³-hybridized carbons (Fsp3) is 0.605. The van der Waals surface area contributed by atoms with Crippen LogP contribution in [0.1, 0.15) is 88.1 Å². The van der Waals surface area contributed by atoms with Gasteiger partial charge in [0.25, 0.3) is 0 Å². The molecular weight excluding hydrogens is 733 g/mol. The number of anilines is 1. The molecule has 10 nitrogen and oxygen atoms in total. The summed E-state index contributed by atoms with van der Waals surface area (Å²) in [5.41, 5.74) is 8.91. The Balaban J connectivity index is 1.12. The summed E-state index contributed by atoms with van der Waals surface area (Å²) in [6, 6.07) is 13.2. The number of methoxy groups -OCH3 is 1. The van der Waals surface area contributed by atoms with Crippen LogP contribution in [-0.2, 0) is 12.6 Å². The van der Waals surface area contributed by atoms with E-state index in [1.54, 1.807) is 7.11 Å². The van der Waals surface area contributed by atoms with Crippen LogP contribution in [0.5, 0.6) is 5.75 Å². The molecule has 2 aromatic rings. The van der Waals surface area contributed by atoms with Gasteiger partial charge in [-0.25, -0.2) is 0 Å². The minimum absolute atomic E-state index is 0.0500. The fourth-order valence-electron chi connectivity index (χ4n) is 7.47. The normalized spacial score (nSPS) is 22.9. The Bertz CT molecular complexity index is 1460. The minimum Gasteiger partial charge on any atom is -0.0184 e. The zero-order valence-corrected chi connectivity index (χ0v) is 31.7. The topological polar surface area (TPSA) is 105 Å². The molecule has 1 saturated carbocycles. The fourth-order valence-corrected chi connectivity index (χ4v) is 12.0. The van der Waals surface area contributed by atoms with E-state index in [4.69, 9.17) is 17.5 Å². The summed E-state index contributed by atoms with van der Waals surface area (Å²) in [4.78, 5) is 34.1. The molecular formula is C38H54IN5O5. The Labute approximate surface area is 299 Å². The van der Waals surface area contributed by atoms with Gasteiger partial charge in [0.15, 0.2) is 0 Å². The number of carbonyl (C=O) groups is 2. The average molecular weight is 788 g/mol. The number of halogens is 1. The molecule has 2 amide bonds. The zero-order chi connectivity index (χ0) is 34.3. The van der Waals surface area contributed by atoms with E-state index in [2.05, 4.69) is 71.0 Å². The van der Waals surface area contributed by atoms with Crippen molar-refractivity contribution in [1.82, 2.24) is 20.7 Å². The smallest absolute Gasteiger partial charge is 0.0184 e. The van der Waals surface area contributed by atoms with Crippen molar-refractivity contribution >= 4 is 43.5 Å². The average Bonchev–Trinajstić information content (AvgIpc) is 3.63. The van der Waals surface area contributed by atoms with Crippen LogP contribution in [0.3, 0.4) is 0 Å². The molecule has 0 bridgehead atoms. The number of nitrogens with zero attached hydrogens (tertiary/aromatic N) is 3. The van der Waals surface area contributed by atoms with Crippen LogP contribution in [-0.4, -0.2) is 76.3 Å². The molecule has 3 fully saturated rings. The van der Waals surface area contributed by atoms with E-state index >= 15 is 0 Å². The number of rotatable bonds is 10. The number of aryl methyl sites for hydroxylation is 1. The number of amides is 2. The van der Waals surface area contributed by atoms with Gasteiger partial charge in [0.05, 0.1) is 12.8 Å². The second-order valence-corrected chi connectivity index (χ2v) is 19.1. The Kier molecular flexibility index (Phi) is 12.4. The molecule has 0 atom stereocenters. The molecule has 268 valence electrons. The molecule has 3 aliphatic heterocycles. The van der Waals surface area contributed by atoms with E-state index < -0.39 is 20.2 Å². The van der Waals surface area contributed by atoms with E-state index in [9.17, 15) is 9.59 Å². The van der Waals surface area contributed by atoms with Crippen LogP contribution in [0.25, 0.3) is 5.57 Å². The number of benzene rings is 1. The summed E-state index contributed by atoms with van der Waals surface area (Å²) < 4.78 is 18.5. The van der Waals surface area contributed by atoms with Crippen LogP contribution in [0.4, 0.5) is 10.5 Å². The number of aromatic nitrogens is 1. The summed E-state index contributed by atoms with van der Waals surface area (Å²) >= 11 is -1.91. The second-order valence-electron chi connectivity index (χ2n) is 14.2. The van der Waals surface area contributed by atoms with Crippen LogP contribution < -0.4 is 20.4 Å². The summed E-state index contributed by atoms with van der Waals surface area (Å²) in [5, 5.41) is 5.20. The van der Waals surface area contributed by atoms with Crippen LogP contribution in [0.15, 0.2) is 42.6 Å². The first-order valence-electron chi connectivity index (χ1n) is 18.1. The van der Waals surface area contributed by atoms with Gasteiger partial charge in [-0.3, -0.25) is 0 Å². The van der Waals surface area contributed by atoms with Crippen molar-refractivity contribution < 1.29 is 22.1 Å². The number of hydrazine groups is 1. The molecule has 0 spiro atoms. The van der Waals surface area contributed by atoms with Gasteiger partial charge in [-0.05, 0) is 26.8 Å². The van der Waals surface area contributed by atoms with E-state index in [0.29, 0.717) is 31.1 Å². The number of pyridine rings is 1. The Morgan fingerprint density at radius 1 is 1.06 bits per heavy atom. The maximum atomic E-state index is 14.5. The van der Waals surface area contributed by atoms with Crippen molar-refractivity contribution in [2.75, 3.05) is 47.2 Å². The Morgan fingerprint density at radius 2 is 1.82 bits per heavy atom. The third-order valence-corrected chi connectivity index (χ3v) is 15.2. The van der Waals surface area contributed by atoms with Crippen LogP contribution in [0, 0.1) is 18.8 Å². The first-order chi connectivity index (χ1) is 23.8. The molecule has 1 aliphatic carbocycles. The number of carbonyl (C=O) groups excluding carboxylic acids is 2. The predicted molar refractivity (Wildman–Crippen MR) is 202 cm³/mol. The van der Waals surface area contributed by atoms with Crippen LogP contribution >= 0.6 is 20.2 Å². The zero-order valence-electron chi connectivity index (χ0n) is 29.6. The first kappa shape index (κ1) is 35.9. The summed E-state index contributed by atoms with van der Waals surface area (Å²) in [6.45, 7) is 9.22. The number of nitrogens with one attached hydrogen (secondary N) is 2.